The molecule has 132 valence electrons. The van der Waals surface area contributed by atoms with Gasteiger partial charge in [-0.05, 0) is 47.9 Å². The number of thiophene rings is 1. The molecule has 2 heterocycles. The van der Waals surface area contributed by atoms with Crippen molar-refractivity contribution in [3.05, 3.63) is 100.0 Å². The zero-order valence-corrected chi connectivity index (χ0v) is 16.7. The third kappa shape index (κ3) is 3.84. The molecule has 0 aliphatic heterocycles. The van der Waals surface area contributed by atoms with Crippen LogP contribution in [0.3, 0.4) is 0 Å². The number of carbonyl (C=O) groups excluding carboxylic acids is 1. The molecule has 0 spiro atoms. The monoisotopic (exact) mass is 434 g/mol. The number of halogens is 1. The standard InChI is InChI=1S/C22H15BrN2OS/c23-19-10-5-4-9-18(19)20(26)13-12-16-15-25(17-7-2-1-3-8-17)24-22(16)21-11-6-14-27-21/h1-15H. The fourth-order valence-electron chi connectivity index (χ4n) is 2.74. The largest absolute Gasteiger partial charge is 0.289 e. The Labute approximate surface area is 169 Å². The molecule has 0 aliphatic carbocycles. The summed E-state index contributed by atoms with van der Waals surface area (Å²) in [4.78, 5) is 13.6. The number of aromatic nitrogens is 2. The van der Waals surface area contributed by atoms with E-state index in [2.05, 4.69) is 15.9 Å². The average molecular weight is 435 g/mol. The van der Waals surface area contributed by atoms with Crippen molar-refractivity contribution in [2.24, 2.45) is 0 Å². The highest BCUT2D eigenvalue weighted by Crippen LogP contribution is 2.29. The van der Waals surface area contributed by atoms with Crippen LogP contribution in [0.1, 0.15) is 15.9 Å². The van der Waals surface area contributed by atoms with Crippen LogP contribution in [-0.4, -0.2) is 15.6 Å². The van der Waals surface area contributed by atoms with Crippen molar-refractivity contribution in [2.75, 3.05) is 0 Å². The molecule has 2 aromatic heterocycles. The van der Waals surface area contributed by atoms with Gasteiger partial charge in [0.15, 0.2) is 5.78 Å². The SMILES string of the molecule is O=C(C=Cc1cn(-c2ccccc2)nc1-c1cccs1)c1ccccc1Br. The summed E-state index contributed by atoms with van der Waals surface area (Å²) in [5.41, 5.74) is 3.39. The lowest BCUT2D eigenvalue weighted by atomic mass is 10.1. The number of nitrogens with zero attached hydrogens (tertiary/aromatic N) is 2. The van der Waals surface area contributed by atoms with Crippen LogP contribution in [0.2, 0.25) is 0 Å². The normalized spacial score (nSPS) is 11.1. The summed E-state index contributed by atoms with van der Waals surface area (Å²) in [6, 6.07) is 21.4. The molecular formula is C22H15BrN2OS. The van der Waals surface area contributed by atoms with Gasteiger partial charge in [0.05, 0.1) is 10.6 Å². The maximum atomic E-state index is 12.6. The molecule has 27 heavy (non-hydrogen) atoms. The third-order valence-corrected chi connectivity index (χ3v) is 5.64. The lowest BCUT2D eigenvalue weighted by Gasteiger charge is -1.99. The van der Waals surface area contributed by atoms with E-state index in [1.807, 2.05) is 89.1 Å². The average Bonchev–Trinajstić information content (AvgIpc) is 3.37. The predicted octanol–water partition coefficient (Wildman–Crippen LogP) is 6.26. The number of hydrogen-bond acceptors (Lipinski definition) is 3. The van der Waals surface area contributed by atoms with Gasteiger partial charge in [0, 0.05) is 21.8 Å². The van der Waals surface area contributed by atoms with Crippen LogP contribution in [0, 0.1) is 0 Å². The minimum atomic E-state index is -0.0490. The van der Waals surface area contributed by atoms with E-state index >= 15 is 0 Å². The smallest absolute Gasteiger partial charge is 0.186 e. The van der Waals surface area contributed by atoms with Crippen molar-refractivity contribution in [3.8, 4) is 16.3 Å². The van der Waals surface area contributed by atoms with E-state index in [9.17, 15) is 4.79 Å². The maximum absolute atomic E-state index is 12.6. The molecule has 0 radical (unpaired) electrons. The van der Waals surface area contributed by atoms with E-state index in [0.29, 0.717) is 5.56 Å². The van der Waals surface area contributed by atoms with Crippen LogP contribution in [0.25, 0.3) is 22.3 Å². The maximum Gasteiger partial charge on any atom is 0.186 e. The molecule has 0 fully saturated rings. The Kier molecular flexibility index (Phi) is 5.14. The minimum Gasteiger partial charge on any atom is -0.289 e. The van der Waals surface area contributed by atoms with E-state index in [0.717, 1.165) is 26.3 Å². The second kappa shape index (κ2) is 7.86. The van der Waals surface area contributed by atoms with Crippen LogP contribution < -0.4 is 0 Å². The van der Waals surface area contributed by atoms with Crippen LogP contribution >= 0.6 is 27.3 Å². The number of hydrogen-bond donors (Lipinski definition) is 0. The summed E-state index contributed by atoms with van der Waals surface area (Å²) >= 11 is 5.06. The van der Waals surface area contributed by atoms with Crippen molar-refractivity contribution >= 4 is 39.1 Å². The van der Waals surface area contributed by atoms with Crippen LogP contribution in [0.15, 0.2) is 88.9 Å². The van der Waals surface area contributed by atoms with Crippen LogP contribution in [-0.2, 0) is 0 Å². The highest BCUT2D eigenvalue weighted by atomic mass is 79.9. The van der Waals surface area contributed by atoms with Gasteiger partial charge in [-0.25, -0.2) is 4.68 Å². The summed E-state index contributed by atoms with van der Waals surface area (Å²) in [7, 11) is 0. The molecule has 0 N–H and O–H groups in total. The second-order valence-corrected chi connectivity index (χ2v) is 7.67. The van der Waals surface area contributed by atoms with Gasteiger partial charge < -0.3 is 0 Å². The predicted molar refractivity (Wildman–Crippen MR) is 114 cm³/mol. The van der Waals surface area contributed by atoms with Crippen molar-refractivity contribution in [1.82, 2.24) is 9.78 Å². The van der Waals surface area contributed by atoms with Gasteiger partial charge in [-0.1, -0.05) is 52.3 Å². The Morgan fingerprint density at radius 3 is 2.52 bits per heavy atom. The van der Waals surface area contributed by atoms with Crippen molar-refractivity contribution < 1.29 is 4.79 Å². The molecule has 0 unspecified atom stereocenters. The summed E-state index contributed by atoms with van der Waals surface area (Å²) in [6.07, 6.45) is 5.39. The van der Waals surface area contributed by atoms with Crippen molar-refractivity contribution in [1.29, 1.82) is 0 Å². The highest BCUT2D eigenvalue weighted by Gasteiger charge is 2.12. The second-order valence-electron chi connectivity index (χ2n) is 5.87. The Morgan fingerprint density at radius 1 is 1.00 bits per heavy atom. The quantitative estimate of drug-likeness (QED) is 0.274. The number of para-hydroxylation sites is 1. The first-order valence-corrected chi connectivity index (χ1v) is 10.1. The molecule has 3 nitrogen and oxygen atoms in total. The Hall–Kier alpha value is -2.76. The van der Waals surface area contributed by atoms with E-state index in [1.165, 1.54) is 0 Å². The number of allylic oxidation sites excluding steroid dienone is 1. The van der Waals surface area contributed by atoms with Gasteiger partial charge in [-0.2, -0.15) is 5.10 Å². The fraction of sp³-hybridized carbons (Fsp3) is 0. The van der Waals surface area contributed by atoms with E-state index in [4.69, 9.17) is 5.10 Å². The Balaban J connectivity index is 1.72. The topological polar surface area (TPSA) is 34.9 Å². The molecule has 0 saturated carbocycles. The highest BCUT2D eigenvalue weighted by molar-refractivity contribution is 9.10. The first kappa shape index (κ1) is 17.6. The van der Waals surface area contributed by atoms with Gasteiger partial charge in [-0.3, -0.25) is 4.79 Å². The van der Waals surface area contributed by atoms with E-state index < -0.39 is 0 Å². The third-order valence-electron chi connectivity index (χ3n) is 4.07. The van der Waals surface area contributed by atoms with Crippen LogP contribution in [0.4, 0.5) is 0 Å². The van der Waals surface area contributed by atoms with E-state index in [1.54, 1.807) is 17.4 Å². The van der Waals surface area contributed by atoms with Gasteiger partial charge in [0.1, 0.15) is 5.69 Å². The number of ketones is 1. The molecule has 4 rings (SSSR count). The van der Waals surface area contributed by atoms with E-state index in [-0.39, 0.29) is 5.78 Å². The van der Waals surface area contributed by atoms with Gasteiger partial charge in [0.25, 0.3) is 0 Å². The fourth-order valence-corrected chi connectivity index (χ4v) is 3.95. The summed E-state index contributed by atoms with van der Waals surface area (Å²) < 4.78 is 2.63. The molecule has 0 bridgehead atoms. The molecule has 4 aromatic rings. The molecule has 0 saturated heterocycles. The molecule has 5 heteroatoms. The van der Waals surface area contributed by atoms with Crippen LogP contribution in [0.5, 0.6) is 0 Å². The lowest BCUT2D eigenvalue weighted by Crippen LogP contribution is -1.94. The van der Waals surface area contributed by atoms with Crippen molar-refractivity contribution in [3.63, 3.8) is 0 Å². The summed E-state index contributed by atoms with van der Waals surface area (Å²) in [5, 5.41) is 6.77. The zero-order chi connectivity index (χ0) is 18.6. The first-order valence-electron chi connectivity index (χ1n) is 8.38. The van der Waals surface area contributed by atoms with Gasteiger partial charge in [0.2, 0.25) is 0 Å². The minimum absolute atomic E-state index is 0.0490. The van der Waals surface area contributed by atoms with Gasteiger partial charge in [-0.15, -0.1) is 11.3 Å². The first-order chi connectivity index (χ1) is 13.2. The van der Waals surface area contributed by atoms with Gasteiger partial charge >= 0.3 is 0 Å². The Morgan fingerprint density at radius 2 is 1.78 bits per heavy atom. The molecule has 0 atom stereocenters. The zero-order valence-electron chi connectivity index (χ0n) is 14.2. The molecule has 0 amide bonds. The summed E-state index contributed by atoms with van der Waals surface area (Å²) in [5.74, 6) is -0.0490. The molecule has 0 aliphatic rings. The molecule has 2 aromatic carbocycles. The Bertz CT molecular complexity index is 1100. The summed E-state index contributed by atoms with van der Waals surface area (Å²) in [6.45, 7) is 0. The lowest BCUT2D eigenvalue weighted by molar-refractivity contribution is 0.104. The number of rotatable bonds is 5. The molecular weight excluding hydrogens is 420 g/mol. The number of benzene rings is 2. The van der Waals surface area contributed by atoms with Crippen molar-refractivity contribution in [2.45, 2.75) is 0 Å². The number of carbonyl (C=O) groups is 1.